The predicted octanol–water partition coefficient (Wildman–Crippen LogP) is 5.19. The number of rotatable bonds is 12. The molecule has 1 N–H and O–H groups in total. The Hall–Kier alpha value is -2.86. The Morgan fingerprint density at radius 2 is 1.90 bits per heavy atom. The van der Waals surface area contributed by atoms with Crippen molar-refractivity contribution >= 4 is 46.3 Å². The monoisotopic (exact) mass is 576 g/mol. The van der Waals surface area contributed by atoms with Crippen LogP contribution in [0.25, 0.3) is 17.2 Å². The normalized spacial score (nSPS) is 17.3. The number of unbranched alkanes of at least 4 members (excludes halogenated alkanes) is 2. The number of amides is 1. The highest BCUT2D eigenvalue weighted by Crippen LogP contribution is 2.36. The van der Waals surface area contributed by atoms with E-state index in [1.165, 1.54) is 28.8 Å². The number of carboxylic acids is 1. The third-order valence-electron chi connectivity index (χ3n) is 6.45. The molecule has 39 heavy (non-hydrogen) atoms. The summed E-state index contributed by atoms with van der Waals surface area (Å²) in [6.45, 7) is 4.57. The van der Waals surface area contributed by atoms with Gasteiger partial charge < -0.3 is 14.6 Å². The third kappa shape index (κ3) is 8.07. The summed E-state index contributed by atoms with van der Waals surface area (Å²) in [5.74, 6) is -1.88. The molecule has 0 radical (unpaired) electrons. The number of ether oxygens (including phenoxy) is 2. The Morgan fingerprint density at radius 1 is 1.10 bits per heavy atom. The molecule has 2 aromatic rings. The lowest BCUT2D eigenvalue weighted by Gasteiger charge is -2.26. The summed E-state index contributed by atoms with van der Waals surface area (Å²) in [5.41, 5.74) is 1.34. The van der Waals surface area contributed by atoms with Crippen molar-refractivity contribution in [3.8, 4) is 16.9 Å². The van der Waals surface area contributed by atoms with Crippen LogP contribution in [0, 0.1) is 11.6 Å². The van der Waals surface area contributed by atoms with Crippen LogP contribution in [0.15, 0.2) is 41.3 Å². The summed E-state index contributed by atoms with van der Waals surface area (Å²) >= 11 is 6.62. The molecule has 2 aliphatic heterocycles. The molecule has 0 atom stereocenters. The van der Waals surface area contributed by atoms with Crippen LogP contribution < -0.4 is 4.74 Å². The van der Waals surface area contributed by atoms with E-state index in [9.17, 15) is 18.4 Å². The number of hydrogen-bond donors (Lipinski definition) is 1. The van der Waals surface area contributed by atoms with Crippen molar-refractivity contribution in [3.05, 3.63) is 58.5 Å². The van der Waals surface area contributed by atoms with Crippen molar-refractivity contribution < 1.29 is 33.0 Å². The first-order valence-corrected chi connectivity index (χ1v) is 14.0. The molecule has 0 aliphatic carbocycles. The number of morpholine rings is 1. The Kier molecular flexibility index (Phi) is 10.4. The first kappa shape index (κ1) is 29.1. The van der Waals surface area contributed by atoms with E-state index in [-0.39, 0.29) is 17.9 Å². The van der Waals surface area contributed by atoms with Crippen molar-refractivity contribution in [3.63, 3.8) is 0 Å². The maximum Gasteiger partial charge on any atom is 0.303 e. The quantitative estimate of drug-likeness (QED) is 0.210. The van der Waals surface area contributed by atoms with Gasteiger partial charge in [-0.2, -0.15) is 0 Å². The zero-order valence-corrected chi connectivity index (χ0v) is 23.0. The van der Waals surface area contributed by atoms with Crippen molar-refractivity contribution in [2.24, 2.45) is 0 Å². The molecule has 0 aromatic heterocycles. The van der Waals surface area contributed by atoms with Gasteiger partial charge in [-0.3, -0.25) is 19.4 Å². The number of carbonyl (C=O) groups excluding carboxylic acids is 1. The van der Waals surface area contributed by atoms with Gasteiger partial charge in [-0.15, -0.1) is 0 Å². The second kappa shape index (κ2) is 14.0. The zero-order chi connectivity index (χ0) is 27.8. The molecule has 4 rings (SSSR count). The van der Waals surface area contributed by atoms with Crippen molar-refractivity contribution in [1.29, 1.82) is 0 Å². The fourth-order valence-electron chi connectivity index (χ4n) is 4.35. The number of nitrogens with zero attached hydrogens (tertiary/aromatic N) is 2. The van der Waals surface area contributed by atoms with Gasteiger partial charge in [-0.05, 0) is 48.7 Å². The number of aliphatic carboxylic acids is 1. The van der Waals surface area contributed by atoms with Gasteiger partial charge in [0, 0.05) is 49.8 Å². The van der Waals surface area contributed by atoms with Gasteiger partial charge >= 0.3 is 5.97 Å². The van der Waals surface area contributed by atoms with Crippen molar-refractivity contribution in [1.82, 2.24) is 9.80 Å². The number of halogens is 2. The summed E-state index contributed by atoms with van der Waals surface area (Å²) in [6, 6.07) is 8.58. The molecule has 0 bridgehead atoms. The van der Waals surface area contributed by atoms with E-state index in [1.807, 2.05) is 0 Å². The van der Waals surface area contributed by atoms with E-state index < -0.39 is 17.6 Å². The standard InChI is InChI=1S/C28H30F2N2O5S2/c29-21-6-7-22(23(30)18-21)19-5-8-24(37-15-12-31-10-13-36-14-11-31)20(16-19)17-25-27(35)32(28(38)39-25)9-3-1-2-4-26(33)34/h5-8,16-18H,1-4,9-15H2,(H,33,34). The molecule has 7 nitrogen and oxygen atoms in total. The molecule has 2 heterocycles. The number of hydrogen-bond acceptors (Lipinski definition) is 7. The molecular weight excluding hydrogens is 546 g/mol. The summed E-state index contributed by atoms with van der Waals surface area (Å²) in [4.78, 5) is 28.1. The summed E-state index contributed by atoms with van der Waals surface area (Å²) in [6.07, 6.45) is 3.64. The van der Waals surface area contributed by atoms with Crippen LogP contribution in [-0.2, 0) is 14.3 Å². The lowest BCUT2D eigenvalue weighted by molar-refractivity contribution is -0.137. The van der Waals surface area contributed by atoms with Gasteiger partial charge in [-0.25, -0.2) is 8.78 Å². The van der Waals surface area contributed by atoms with Gasteiger partial charge in [0.25, 0.3) is 5.91 Å². The van der Waals surface area contributed by atoms with Crippen LogP contribution >= 0.6 is 24.0 Å². The first-order valence-electron chi connectivity index (χ1n) is 12.8. The zero-order valence-electron chi connectivity index (χ0n) is 21.4. The average molecular weight is 577 g/mol. The minimum absolute atomic E-state index is 0.0948. The molecule has 0 saturated carbocycles. The first-order chi connectivity index (χ1) is 18.8. The molecule has 1 amide bonds. The number of carboxylic acid groups (broad SMARTS) is 1. The van der Waals surface area contributed by atoms with Crippen LogP contribution in [0.2, 0.25) is 0 Å². The number of carbonyl (C=O) groups is 2. The Morgan fingerprint density at radius 3 is 2.64 bits per heavy atom. The number of benzene rings is 2. The van der Waals surface area contributed by atoms with Gasteiger partial charge in [0.1, 0.15) is 28.3 Å². The summed E-state index contributed by atoms with van der Waals surface area (Å²) in [7, 11) is 0. The number of thioether (sulfide) groups is 1. The number of thiocarbonyl (C=S) groups is 1. The molecule has 2 fully saturated rings. The van der Waals surface area contributed by atoms with Crippen molar-refractivity contribution in [2.45, 2.75) is 25.7 Å². The van der Waals surface area contributed by atoms with Gasteiger partial charge in [0.2, 0.25) is 0 Å². The van der Waals surface area contributed by atoms with Crippen LogP contribution in [0.1, 0.15) is 31.2 Å². The molecular formula is C28H30F2N2O5S2. The molecule has 0 spiro atoms. The van der Waals surface area contributed by atoms with Crippen molar-refractivity contribution in [2.75, 3.05) is 46.0 Å². The maximum atomic E-state index is 14.5. The predicted molar refractivity (Wildman–Crippen MR) is 151 cm³/mol. The van der Waals surface area contributed by atoms with E-state index >= 15 is 0 Å². The van der Waals surface area contributed by atoms with E-state index in [4.69, 9.17) is 26.8 Å². The topological polar surface area (TPSA) is 79.3 Å². The SMILES string of the molecule is O=C(O)CCCCCN1C(=O)C(=Cc2cc(-c3ccc(F)cc3F)ccc2OCCN2CCOCC2)SC1=S. The second-order valence-corrected chi connectivity index (χ2v) is 10.9. The smallest absolute Gasteiger partial charge is 0.303 e. The highest BCUT2D eigenvalue weighted by atomic mass is 32.2. The van der Waals surface area contributed by atoms with Crippen LogP contribution in [0.3, 0.4) is 0 Å². The lowest BCUT2D eigenvalue weighted by Crippen LogP contribution is -2.38. The highest BCUT2D eigenvalue weighted by Gasteiger charge is 2.31. The van der Waals surface area contributed by atoms with Crippen LogP contribution in [-0.4, -0.2) is 77.1 Å². The van der Waals surface area contributed by atoms with E-state index in [2.05, 4.69) is 4.90 Å². The lowest BCUT2D eigenvalue weighted by atomic mass is 10.0. The Balaban J connectivity index is 1.53. The Labute approximate surface area is 235 Å². The van der Waals surface area contributed by atoms with Gasteiger partial charge in [0.05, 0.1) is 18.1 Å². The largest absolute Gasteiger partial charge is 0.492 e. The fourth-order valence-corrected chi connectivity index (χ4v) is 5.65. The molecule has 11 heteroatoms. The molecule has 2 aromatic carbocycles. The fraction of sp³-hybridized carbons (Fsp3) is 0.393. The molecule has 2 aliphatic rings. The van der Waals surface area contributed by atoms with E-state index in [0.717, 1.165) is 19.2 Å². The maximum absolute atomic E-state index is 14.5. The summed E-state index contributed by atoms with van der Waals surface area (Å²) in [5, 5.41) is 8.79. The minimum atomic E-state index is -0.839. The van der Waals surface area contributed by atoms with Crippen LogP contribution in [0.5, 0.6) is 5.75 Å². The third-order valence-corrected chi connectivity index (χ3v) is 7.83. The van der Waals surface area contributed by atoms with Gasteiger partial charge in [-0.1, -0.05) is 36.5 Å². The van der Waals surface area contributed by atoms with Gasteiger partial charge in [0.15, 0.2) is 0 Å². The second-order valence-electron chi connectivity index (χ2n) is 9.22. The average Bonchev–Trinajstić information content (AvgIpc) is 3.17. The summed E-state index contributed by atoms with van der Waals surface area (Å²) < 4.78 is 39.9. The van der Waals surface area contributed by atoms with E-state index in [1.54, 1.807) is 24.3 Å². The van der Waals surface area contributed by atoms with E-state index in [0.29, 0.717) is 78.3 Å². The molecule has 208 valence electrons. The molecule has 2 saturated heterocycles. The highest BCUT2D eigenvalue weighted by molar-refractivity contribution is 8.26. The Bertz CT molecular complexity index is 1250. The van der Waals surface area contributed by atoms with Crippen LogP contribution in [0.4, 0.5) is 8.78 Å². The minimum Gasteiger partial charge on any atom is -0.492 e. The molecule has 0 unspecified atom stereocenters.